The highest BCUT2D eigenvalue weighted by molar-refractivity contribution is 5.91. The molecule has 1 aromatic carbocycles. The Labute approximate surface area is 186 Å². The van der Waals surface area contributed by atoms with Gasteiger partial charge in [0.05, 0.1) is 0 Å². The zero-order valence-corrected chi connectivity index (χ0v) is 20.1. The van der Waals surface area contributed by atoms with Crippen LogP contribution in [0.15, 0.2) is 24.3 Å². The standard InChI is InChI=1S/C24H39N3O4/c1-8-10-11-15-25-21(28)20(19-14-12-13-17(3)16-19)27(9-2)22(29)18(4)26-23(30)31-24(5,6)7/h12-14,16,18,20H,8-11,15H2,1-7H3,(H,25,28)(H,26,30). The summed E-state index contributed by atoms with van der Waals surface area (Å²) in [4.78, 5) is 40.0. The highest BCUT2D eigenvalue weighted by atomic mass is 16.6. The largest absolute Gasteiger partial charge is 0.444 e. The van der Waals surface area contributed by atoms with Crippen molar-refractivity contribution in [3.63, 3.8) is 0 Å². The third-order valence-corrected chi connectivity index (χ3v) is 4.72. The summed E-state index contributed by atoms with van der Waals surface area (Å²) in [5.74, 6) is -0.565. The summed E-state index contributed by atoms with van der Waals surface area (Å²) in [6.45, 7) is 13.6. The van der Waals surface area contributed by atoms with Crippen molar-refractivity contribution in [2.45, 2.75) is 85.4 Å². The summed E-state index contributed by atoms with van der Waals surface area (Å²) in [6.07, 6.45) is 2.31. The molecule has 0 aromatic heterocycles. The van der Waals surface area contributed by atoms with Crippen molar-refractivity contribution in [2.24, 2.45) is 0 Å². The summed E-state index contributed by atoms with van der Waals surface area (Å²) in [5.41, 5.74) is 1.08. The van der Waals surface area contributed by atoms with E-state index >= 15 is 0 Å². The van der Waals surface area contributed by atoms with Crippen molar-refractivity contribution in [3.05, 3.63) is 35.4 Å². The Bertz CT molecular complexity index is 743. The molecule has 1 rings (SSSR count). The van der Waals surface area contributed by atoms with E-state index in [-0.39, 0.29) is 11.8 Å². The molecule has 2 N–H and O–H groups in total. The van der Waals surface area contributed by atoms with Crippen LogP contribution in [0.5, 0.6) is 0 Å². The van der Waals surface area contributed by atoms with Crippen molar-refractivity contribution < 1.29 is 19.1 Å². The Kier molecular flexibility index (Phi) is 10.5. The molecule has 7 heteroatoms. The van der Waals surface area contributed by atoms with E-state index in [4.69, 9.17) is 4.74 Å². The molecule has 2 unspecified atom stereocenters. The number of unbranched alkanes of at least 4 members (excludes halogenated alkanes) is 2. The van der Waals surface area contributed by atoms with Gasteiger partial charge >= 0.3 is 6.09 Å². The molecule has 0 spiro atoms. The lowest BCUT2D eigenvalue weighted by Gasteiger charge is -2.33. The molecule has 0 aliphatic rings. The number of ether oxygens (including phenoxy) is 1. The van der Waals surface area contributed by atoms with Gasteiger partial charge in [0.1, 0.15) is 17.7 Å². The summed E-state index contributed by atoms with van der Waals surface area (Å²) < 4.78 is 5.26. The molecule has 3 amide bonds. The Balaban J connectivity index is 3.08. The Hall–Kier alpha value is -2.57. The lowest BCUT2D eigenvalue weighted by molar-refractivity contribution is -0.141. The predicted molar refractivity (Wildman–Crippen MR) is 123 cm³/mol. The third-order valence-electron chi connectivity index (χ3n) is 4.72. The molecule has 1 aromatic rings. The van der Waals surface area contributed by atoms with Crippen LogP contribution in [-0.4, -0.2) is 47.5 Å². The van der Waals surface area contributed by atoms with E-state index in [2.05, 4.69) is 17.6 Å². The van der Waals surface area contributed by atoms with E-state index in [0.29, 0.717) is 13.1 Å². The average molecular weight is 434 g/mol. The smallest absolute Gasteiger partial charge is 0.408 e. The number of carbonyl (C=O) groups excluding carboxylic acids is 3. The second-order valence-electron chi connectivity index (χ2n) is 8.81. The minimum Gasteiger partial charge on any atom is -0.444 e. The van der Waals surface area contributed by atoms with Gasteiger partial charge in [-0.25, -0.2) is 4.79 Å². The van der Waals surface area contributed by atoms with Crippen LogP contribution in [-0.2, 0) is 14.3 Å². The highest BCUT2D eigenvalue weighted by Crippen LogP contribution is 2.23. The summed E-state index contributed by atoms with van der Waals surface area (Å²) in [7, 11) is 0. The van der Waals surface area contributed by atoms with Crippen molar-refractivity contribution in [1.29, 1.82) is 0 Å². The van der Waals surface area contributed by atoms with Crippen molar-refractivity contribution in [1.82, 2.24) is 15.5 Å². The molecular formula is C24H39N3O4. The van der Waals surface area contributed by atoms with Crippen LogP contribution in [0.4, 0.5) is 4.79 Å². The minimum atomic E-state index is -0.838. The van der Waals surface area contributed by atoms with E-state index in [1.807, 2.05) is 38.1 Å². The first-order chi connectivity index (χ1) is 14.5. The lowest BCUT2D eigenvalue weighted by Crippen LogP contribution is -2.52. The monoisotopic (exact) mass is 433 g/mol. The van der Waals surface area contributed by atoms with Gasteiger partial charge in [-0.15, -0.1) is 0 Å². The van der Waals surface area contributed by atoms with Crippen LogP contribution in [0.1, 0.15) is 78.0 Å². The van der Waals surface area contributed by atoms with Crippen LogP contribution in [0, 0.1) is 6.92 Å². The van der Waals surface area contributed by atoms with Gasteiger partial charge in [0.25, 0.3) is 0 Å². The van der Waals surface area contributed by atoms with Crippen molar-refractivity contribution in [3.8, 4) is 0 Å². The number of carbonyl (C=O) groups is 3. The van der Waals surface area contributed by atoms with Crippen LogP contribution in [0.25, 0.3) is 0 Å². The fourth-order valence-electron chi connectivity index (χ4n) is 3.26. The molecule has 0 bridgehead atoms. The lowest BCUT2D eigenvalue weighted by atomic mass is 10.0. The Morgan fingerprint density at radius 2 is 1.81 bits per heavy atom. The number of hydrogen-bond acceptors (Lipinski definition) is 4. The van der Waals surface area contributed by atoms with Crippen LogP contribution < -0.4 is 10.6 Å². The quantitative estimate of drug-likeness (QED) is 0.544. The Morgan fingerprint density at radius 3 is 2.35 bits per heavy atom. The van der Waals surface area contributed by atoms with Crippen LogP contribution in [0.3, 0.4) is 0 Å². The molecule has 0 heterocycles. The molecule has 174 valence electrons. The molecule has 7 nitrogen and oxygen atoms in total. The molecule has 0 saturated carbocycles. The van der Waals surface area contributed by atoms with Crippen LogP contribution >= 0.6 is 0 Å². The summed E-state index contributed by atoms with van der Waals surface area (Å²) in [5, 5.41) is 5.55. The fourth-order valence-corrected chi connectivity index (χ4v) is 3.26. The SMILES string of the molecule is CCCCCNC(=O)C(c1cccc(C)c1)N(CC)C(=O)C(C)NC(=O)OC(C)(C)C. The molecule has 0 aliphatic heterocycles. The van der Waals surface area contributed by atoms with E-state index in [9.17, 15) is 14.4 Å². The molecule has 0 aliphatic carbocycles. The fraction of sp³-hybridized carbons (Fsp3) is 0.625. The van der Waals surface area contributed by atoms with Gasteiger partial charge < -0.3 is 20.3 Å². The number of nitrogens with zero attached hydrogens (tertiary/aromatic N) is 1. The zero-order valence-electron chi connectivity index (χ0n) is 20.1. The third kappa shape index (κ3) is 8.99. The van der Waals surface area contributed by atoms with Gasteiger partial charge in [-0.3, -0.25) is 9.59 Å². The topological polar surface area (TPSA) is 87.7 Å². The maximum atomic E-state index is 13.2. The van der Waals surface area contributed by atoms with Gasteiger partial charge in [0.2, 0.25) is 11.8 Å². The van der Waals surface area contributed by atoms with Crippen molar-refractivity contribution in [2.75, 3.05) is 13.1 Å². The van der Waals surface area contributed by atoms with E-state index in [0.717, 1.165) is 30.4 Å². The van der Waals surface area contributed by atoms with Gasteiger partial charge in [-0.2, -0.15) is 0 Å². The zero-order chi connectivity index (χ0) is 23.6. The average Bonchev–Trinajstić information content (AvgIpc) is 2.67. The predicted octanol–water partition coefficient (Wildman–Crippen LogP) is 4.10. The first-order valence-corrected chi connectivity index (χ1v) is 11.1. The van der Waals surface area contributed by atoms with E-state index in [1.165, 1.54) is 4.90 Å². The molecular weight excluding hydrogens is 394 g/mol. The number of amides is 3. The summed E-state index contributed by atoms with van der Waals surface area (Å²) in [6, 6.07) is 5.98. The molecule has 0 radical (unpaired) electrons. The number of nitrogens with one attached hydrogen (secondary N) is 2. The molecule has 31 heavy (non-hydrogen) atoms. The molecule has 0 saturated heterocycles. The second-order valence-corrected chi connectivity index (χ2v) is 8.81. The van der Waals surface area contributed by atoms with E-state index < -0.39 is 23.8 Å². The molecule has 2 atom stereocenters. The number of benzene rings is 1. The molecule has 0 fully saturated rings. The number of rotatable bonds is 10. The van der Waals surface area contributed by atoms with E-state index in [1.54, 1.807) is 27.7 Å². The van der Waals surface area contributed by atoms with Gasteiger partial charge in [-0.1, -0.05) is 49.6 Å². The normalized spacial score (nSPS) is 13.1. The summed E-state index contributed by atoms with van der Waals surface area (Å²) >= 11 is 0. The number of hydrogen-bond donors (Lipinski definition) is 2. The maximum absolute atomic E-state index is 13.2. The first kappa shape index (κ1) is 26.5. The maximum Gasteiger partial charge on any atom is 0.408 e. The van der Waals surface area contributed by atoms with Gasteiger partial charge in [-0.05, 0) is 53.5 Å². The van der Waals surface area contributed by atoms with Gasteiger partial charge in [0, 0.05) is 13.1 Å². The number of alkyl carbamates (subject to hydrolysis) is 1. The number of likely N-dealkylation sites (N-methyl/N-ethyl adjacent to an activating group) is 1. The number of aryl methyl sites for hydroxylation is 1. The van der Waals surface area contributed by atoms with Gasteiger partial charge in [0.15, 0.2) is 0 Å². The minimum absolute atomic E-state index is 0.221. The highest BCUT2D eigenvalue weighted by Gasteiger charge is 2.33. The van der Waals surface area contributed by atoms with Crippen molar-refractivity contribution >= 4 is 17.9 Å². The Morgan fingerprint density at radius 1 is 1.13 bits per heavy atom. The van der Waals surface area contributed by atoms with Crippen LogP contribution in [0.2, 0.25) is 0 Å². The second kappa shape index (κ2) is 12.3. The first-order valence-electron chi connectivity index (χ1n) is 11.1.